The fourth-order valence-electron chi connectivity index (χ4n) is 2.90. The summed E-state index contributed by atoms with van der Waals surface area (Å²) in [6.07, 6.45) is 2.52. The van der Waals surface area contributed by atoms with E-state index in [2.05, 4.69) is 24.3 Å². The van der Waals surface area contributed by atoms with Crippen LogP contribution in [0.5, 0.6) is 0 Å². The van der Waals surface area contributed by atoms with E-state index in [0.29, 0.717) is 12.0 Å². The lowest BCUT2D eigenvalue weighted by Crippen LogP contribution is -2.25. The molecule has 0 aliphatic heterocycles. The van der Waals surface area contributed by atoms with Crippen molar-refractivity contribution in [2.75, 3.05) is 0 Å². The van der Waals surface area contributed by atoms with Crippen molar-refractivity contribution in [3.63, 3.8) is 0 Å². The molecule has 0 radical (unpaired) electrons. The van der Waals surface area contributed by atoms with Crippen molar-refractivity contribution in [1.29, 1.82) is 0 Å². The van der Waals surface area contributed by atoms with Crippen molar-refractivity contribution < 1.29 is 0 Å². The molecule has 0 saturated heterocycles. The van der Waals surface area contributed by atoms with Crippen LogP contribution >= 0.6 is 0 Å². The third-order valence-electron chi connectivity index (χ3n) is 3.45. The summed E-state index contributed by atoms with van der Waals surface area (Å²) in [4.78, 5) is 0. The van der Waals surface area contributed by atoms with Crippen molar-refractivity contribution >= 4 is 0 Å². The maximum Gasteiger partial charge on any atom is 0.0114 e. The van der Waals surface area contributed by atoms with Crippen LogP contribution in [0.3, 0.4) is 0 Å². The van der Waals surface area contributed by atoms with Crippen LogP contribution in [0.4, 0.5) is 0 Å². The maximum absolute atomic E-state index is 6.03. The van der Waals surface area contributed by atoms with Gasteiger partial charge in [-0.25, -0.2) is 0 Å². The second-order valence-corrected chi connectivity index (χ2v) is 4.07. The highest BCUT2D eigenvalue weighted by molar-refractivity contribution is 5.42. The van der Waals surface area contributed by atoms with Crippen LogP contribution in [0.2, 0.25) is 0 Å². The van der Waals surface area contributed by atoms with Crippen molar-refractivity contribution in [3.05, 3.63) is 35.4 Å². The molecule has 1 aromatic rings. The van der Waals surface area contributed by atoms with Crippen LogP contribution in [0.1, 0.15) is 35.8 Å². The van der Waals surface area contributed by atoms with E-state index >= 15 is 0 Å². The van der Waals surface area contributed by atoms with Crippen LogP contribution in [-0.4, -0.2) is 6.04 Å². The number of hydrogen-bond donors (Lipinski definition) is 1. The fourth-order valence-corrected chi connectivity index (χ4v) is 2.90. The van der Waals surface area contributed by atoms with E-state index in [1.165, 1.54) is 18.4 Å². The Bertz CT molecular complexity index is 319. The maximum atomic E-state index is 6.03. The van der Waals surface area contributed by atoms with Gasteiger partial charge in [-0.3, -0.25) is 0 Å². The standard InChI is InChI=1S/C11H13N/c12-11-6-7-5-10(11)9-4-2-1-3-8(7)9/h1-4,7,10-11H,5-6,12H2/t7?,10?,11-/m1/s1. The van der Waals surface area contributed by atoms with Crippen molar-refractivity contribution in [2.45, 2.75) is 30.7 Å². The van der Waals surface area contributed by atoms with Crippen LogP contribution < -0.4 is 5.73 Å². The van der Waals surface area contributed by atoms with E-state index in [4.69, 9.17) is 5.73 Å². The molecule has 1 nitrogen and oxygen atoms in total. The van der Waals surface area contributed by atoms with Gasteiger partial charge in [0.15, 0.2) is 0 Å². The van der Waals surface area contributed by atoms with E-state index in [1.54, 1.807) is 5.56 Å². The zero-order valence-electron chi connectivity index (χ0n) is 7.03. The van der Waals surface area contributed by atoms with Gasteiger partial charge in [0.05, 0.1) is 0 Å². The first-order chi connectivity index (χ1) is 5.86. The molecule has 62 valence electrons. The summed E-state index contributed by atoms with van der Waals surface area (Å²) in [5, 5.41) is 0. The van der Waals surface area contributed by atoms with Crippen LogP contribution in [0.15, 0.2) is 24.3 Å². The fraction of sp³-hybridized carbons (Fsp3) is 0.455. The first-order valence-electron chi connectivity index (χ1n) is 4.70. The summed E-state index contributed by atoms with van der Waals surface area (Å²) in [5.41, 5.74) is 9.14. The molecule has 1 heteroatoms. The van der Waals surface area contributed by atoms with Gasteiger partial charge in [0.2, 0.25) is 0 Å². The van der Waals surface area contributed by atoms with Gasteiger partial charge in [-0.2, -0.15) is 0 Å². The van der Waals surface area contributed by atoms with Crippen LogP contribution in [0.25, 0.3) is 0 Å². The highest BCUT2D eigenvalue weighted by atomic mass is 14.7. The molecule has 0 aromatic heterocycles. The van der Waals surface area contributed by atoms with E-state index in [9.17, 15) is 0 Å². The molecule has 2 aliphatic rings. The number of hydrogen-bond acceptors (Lipinski definition) is 1. The molecule has 1 aromatic carbocycles. The van der Waals surface area contributed by atoms with E-state index < -0.39 is 0 Å². The van der Waals surface area contributed by atoms with Gasteiger partial charge < -0.3 is 5.73 Å². The molecule has 0 amide bonds. The largest absolute Gasteiger partial charge is 0.327 e. The number of fused-ring (bicyclic) bond motifs is 5. The molecule has 0 heterocycles. The second-order valence-electron chi connectivity index (χ2n) is 4.07. The van der Waals surface area contributed by atoms with E-state index in [1.807, 2.05) is 0 Å². The van der Waals surface area contributed by atoms with Gasteiger partial charge in [-0.1, -0.05) is 24.3 Å². The number of rotatable bonds is 0. The lowest BCUT2D eigenvalue weighted by atomic mass is 9.89. The average molecular weight is 159 g/mol. The lowest BCUT2D eigenvalue weighted by Gasteiger charge is -2.20. The van der Waals surface area contributed by atoms with E-state index in [-0.39, 0.29) is 0 Å². The summed E-state index contributed by atoms with van der Waals surface area (Å²) in [7, 11) is 0. The van der Waals surface area contributed by atoms with Gasteiger partial charge >= 0.3 is 0 Å². The molecule has 2 bridgehead atoms. The Morgan fingerprint density at radius 2 is 1.83 bits per heavy atom. The summed E-state index contributed by atoms with van der Waals surface area (Å²) in [6.45, 7) is 0. The Labute approximate surface area is 72.6 Å². The molecule has 12 heavy (non-hydrogen) atoms. The van der Waals surface area contributed by atoms with Gasteiger partial charge in [0.1, 0.15) is 0 Å². The molecular weight excluding hydrogens is 146 g/mol. The summed E-state index contributed by atoms with van der Waals surface area (Å²) in [5.74, 6) is 1.45. The molecule has 2 N–H and O–H groups in total. The van der Waals surface area contributed by atoms with Crippen molar-refractivity contribution in [3.8, 4) is 0 Å². The summed E-state index contributed by atoms with van der Waals surface area (Å²) in [6, 6.07) is 9.23. The summed E-state index contributed by atoms with van der Waals surface area (Å²) >= 11 is 0. The Morgan fingerprint density at radius 1 is 1.08 bits per heavy atom. The highest BCUT2D eigenvalue weighted by Crippen LogP contribution is 2.51. The third kappa shape index (κ3) is 0.674. The smallest absolute Gasteiger partial charge is 0.0114 e. The first-order valence-corrected chi connectivity index (χ1v) is 4.70. The minimum Gasteiger partial charge on any atom is -0.327 e. The molecule has 2 aliphatic carbocycles. The van der Waals surface area contributed by atoms with Crippen LogP contribution in [-0.2, 0) is 0 Å². The monoisotopic (exact) mass is 159 g/mol. The van der Waals surface area contributed by atoms with Gasteiger partial charge in [0.25, 0.3) is 0 Å². The normalized spacial score (nSPS) is 36.9. The van der Waals surface area contributed by atoms with Crippen molar-refractivity contribution in [2.24, 2.45) is 5.73 Å². The first kappa shape index (κ1) is 6.67. The highest BCUT2D eigenvalue weighted by Gasteiger charge is 2.41. The second kappa shape index (κ2) is 2.11. The topological polar surface area (TPSA) is 26.0 Å². The van der Waals surface area contributed by atoms with E-state index in [0.717, 1.165) is 5.92 Å². The summed E-state index contributed by atoms with van der Waals surface area (Å²) < 4.78 is 0. The number of nitrogens with two attached hydrogens (primary N) is 1. The van der Waals surface area contributed by atoms with Gasteiger partial charge in [0, 0.05) is 6.04 Å². The lowest BCUT2D eigenvalue weighted by molar-refractivity contribution is 0.595. The molecule has 2 unspecified atom stereocenters. The molecule has 1 fully saturated rings. The Morgan fingerprint density at radius 3 is 2.67 bits per heavy atom. The number of benzene rings is 1. The van der Waals surface area contributed by atoms with Crippen molar-refractivity contribution in [1.82, 2.24) is 0 Å². The SMILES string of the molecule is N[C@@H]1CC2CC1c1ccccc12. The Balaban J connectivity index is 2.17. The third-order valence-corrected chi connectivity index (χ3v) is 3.45. The van der Waals surface area contributed by atoms with Gasteiger partial charge in [-0.05, 0) is 35.8 Å². The molecular formula is C11H13N. The van der Waals surface area contributed by atoms with Crippen LogP contribution in [0, 0.1) is 0 Å². The molecule has 0 spiro atoms. The predicted molar refractivity (Wildman–Crippen MR) is 49.1 cm³/mol. The Kier molecular flexibility index (Phi) is 1.17. The van der Waals surface area contributed by atoms with Gasteiger partial charge in [-0.15, -0.1) is 0 Å². The molecule has 3 atom stereocenters. The quantitative estimate of drug-likeness (QED) is 0.615. The predicted octanol–water partition coefficient (Wildman–Crippen LogP) is 1.99. The minimum absolute atomic E-state index is 0.435. The zero-order valence-corrected chi connectivity index (χ0v) is 7.03. The zero-order chi connectivity index (χ0) is 8.13. The molecule has 3 rings (SSSR count). The molecule has 1 saturated carbocycles. The Hall–Kier alpha value is -0.820. The minimum atomic E-state index is 0.435. The average Bonchev–Trinajstić information content (AvgIpc) is 2.62.